The number of nitrogens with zero attached hydrogens (tertiary/aromatic N) is 4. The van der Waals surface area contributed by atoms with E-state index in [2.05, 4.69) is 4.98 Å². The number of carbonyl (C=O) groups is 2. The summed E-state index contributed by atoms with van der Waals surface area (Å²) < 4.78 is 6.80. The summed E-state index contributed by atoms with van der Waals surface area (Å²) in [5.74, 6) is 0.846. The van der Waals surface area contributed by atoms with E-state index >= 15 is 0 Å². The molecule has 2 aromatic rings. The van der Waals surface area contributed by atoms with Gasteiger partial charge in [0.05, 0.1) is 12.3 Å². The van der Waals surface area contributed by atoms with Gasteiger partial charge < -0.3 is 14.2 Å². The van der Waals surface area contributed by atoms with Crippen molar-refractivity contribution in [1.29, 1.82) is 0 Å². The van der Waals surface area contributed by atoms with Gasteiger partial charge in [-0.1, -0.05) is 11.8 Å². The predicted molar refractivity (Wildman–Crippen MR) is 98.8 cm³/mol. The van der Waals surface area contributed by atoms with Crippen LogP contribution in [-0.4, -0.2) is 63.1 Å². The Bertz CT molecular complexity index is 916. The van der Waals surface area contributed by atoms with Crippen molar-refractivity contribution >= 4 is 23.6 Å². The summed E-state index contributed by atoms with van der Waals surface area (Å²) in [5, 5.41) is 0.678. The molecule has 2 aliphatic rings. The van der Waals surface area contributed by atoms with Crippen LogP contribution in [0.2, 0.25) is 0 Å². The minimum atomic E-state index is -0.166. The van der Waals surface area contributed by atoms with Crippen LogP contribution in [0.25, 0.3) is 0 Å². The Balaban J connectivity index is 1.37. The van der Waals surface area contributed by atoms with E-state index in [-0.39, 0.29) is 29.8 Å². The number of thioether (sulfide) groups is 1. The molecule has 1 saturated heterocycles. The van der Waals surface area contributed by atoms with Crippen LogP contribution in [0.5, 0.6) is 0 Å². The molecule has 2 aromatic heterocycles. The summed E-state index contributed by atoms with van der Waals surface area (Å²) in [6.07, 6.45) is 3.33. The Labute approximate surface area is 160 Å². The van der Waals surface area contributed by atoms with E-state index in [0.29, 0.717) is 48.4 Å². The van der Waals surface area contributed by atoms with Gasteiger partial charge in [-0.2, -0.15) is 0 Å². The molecule has 27 heavy (non-hydrogen) atoms. The van der Waals surface area contributed by atoms with Crippen LogP contribution >= 0.6 is 11.8 Å². The van der Waals surface area contributed by atoms with Gasteiger partial charge in [0.25, 0.3) is 11.5 Å². The first-order valence-corrected chi connectivity index (χ1v) is 9.84. The molecule has 9 heteroatoms. The maximum absolute atomic E-state index is 12.7. The van der Waals surface area contributed by atoms with E-state index in [9.17, 15) is 14.4 Å². The number of carbonyl (C=O) groups excluding carboxylic acids is 2. The van der Waals surface area contributed by atoms with Gasteiger partial charge in [-0.25, -0.2) is 4.98 Å². The van der Waals surface area contributed by atoms with Crippen molar-refractivity contribution in [3.8, 4) is 0 Å². The minimum Gasteiger partial charge on any atom is -0.459 e. The molecule has 0 saturated carbocycles. The topological polar surface area (TPSA) is 88.7 Å². The zero-order valence-electron chi connectivity index (χ0n) is 15.0. The number of fused-ring (bicyclic) bond motifs is 1. The van der Waals surface area contributed by atoms with E-state index in [1.54, 1.807) is 39.6 Å². The van der Waals surface area contributed by atoms with E-state index in [1.165, 1.54) is 18.0 Å². The van der Waals surface area contributed by atoms with Gasteiger partial charge in [0.2, 0.25) is 5.91 Å². The number of aromatic nitrogens is 2. The van der Waals surface area contributed by atoms with Crippen LogP contribution in [0, 0.1) is 6.92 Å². The summed E-state index contributed by atoms with van der Waals surface area (Å²) >= 11 is 1.51. The third-order valence-corrected chi connectivity index (χ3v) is 6.07. The highest BCUT2D eigenvalue weighted by Crippen LogP contribution is 2.32. The molecule has 0 spiro atoms. The van der Waals surface area contributed by atoms with Gasteiger partial charge in [0.15, 0.2) is 10.9 Å². The van der Waals surface area contributed by atoms with Crippen LogP contribution < -0.4 is 5.56 Å². The molecule has 0 aliphatic carbocycles. The van der Waals surface area contributed by atoms with Crippen LogP contribution in [0.1, 0.15) is 28.6 Å². The molecule has 0 aromatic carbocycles. The Morgan fingerprint density at radius 2 is 2.00 bits per heavy atom. The van der Waals surface area contributed by atoms with E-state index < -0.39 is 0 Å². The summed E-state index contributed by atoms with van der Waals surface area (Å²) in [6, 6.07) is 3.16. The Hall–Kier alpha value is -2.55. The fraction of sp³-hybridized carbons (Fsp3) is 0.444. The molecule has 0 radical (unpaired) electrons. The first-order chi connectivity index (χ1) is 13.0. The smallest absolute Gasteiger partial charge is 0.289 e. The first-order valence-electron chi connectivity index (χ1n) is 8.86. The zero-order valence-corrected chi connectivity index (χ0v) is 15.8. The van der Waals surface area contributed by atoms with Crippen molar-refractivity contribution in [1.82, 2.24) is 19.4 Å². The molecule has 2 amide bonds. The number of hydrogen-bond donors (Lipinski definition) is 0. The zero-order chi connectivity index (χ0) is 19.0. The highest BCUT2D eigenvalue weighted by atomic mass is 32.2. The molecular formula is C18H20N4O4S. The normalized spacial score (nSPS) is 19.2. The summed E-state index contributed by atoms with van der Waals surface area (Å²) in [5.41, 5.74) is 0.514. The molecule has 8 nitrogen and oxygen atoms in total. The SMILES string of the molecule is Cc1cnc2n(c1=O)C(CC(=O)N1CCN(C(=O)c3ccco3)CC1)CS2. The van der Waals surface area contributed by atoms with Crippen LogP contribution in [0.4, 0.5) is 0 Å². The molecule has 2 aliphatic heterocycles. The maximum atomic E-state index is 12.7. The second-order valence-corrected chi connectivity index (χ2v) is 7.71. The molecular weight excluding hydrogens is 368 g/mol. The minimum absolute atomic E-state index is 0.00644. The lowest BCUT2D eigenvalue weighted by atomic mass is 10.2. The van der Waals surface area contributed by atoms with Gasteiger partial charge in [0, 0.05) is 50.1 Å². The van der Waals surface area contributed by atoms with Crippen molar-refractivity contribution in [2.24, 2.45) is 0 Å². The largest absolute Gasteiger partial charge is 0.459 e. The summed E-state index contributed by atoms with van der Waals surface area (Å²) in [6.45, 7) is 3.65. The van der Waals surface area contributed by atoms with Crippen molar-refractivity contribution in [2.45, 2.75) is 24.5 Å². The number of piperazine rings is 1. The Morgan fingerprint density at radius 3 is 2.70 bits per heavy atom. The molecule has 4 rings (SSSR count). The van der Waals surface area contributed by atoms with Crippen LogP contribution in [0.3, 0.4) is 0 Å². The summed E-state index contributed by atoms with van der Waals surface area (Å²) in [4.78, 5) is 45.2. The van der Waals surface area contributed by atoms with Gasteiger partial charge in [0.1, 0.15) is 0 Å². The standard InChI is InChI=1S/C18H20N4O4S/c1-12-10-19-18-22(16(12)24)13(11-27-18)9-15(23)20-4-6-21(7-5-20)17(25)14-3-2-8-26-14/h2-3,8,10,13H,4-7,9,11H2,1H3. The Kier molecular flexibility index (Phi) is 4.77. The quantitative estimate of drug-likeness (QED) is 0.734. The van der Waals surface area contributed by atoms with E-state index in [0.717, 1.165) is 0 Å². The average Bonchev–Trinajstić information content (AvgIpc) is 3.35. The fourth-order valence-electron chi connectivity index (χ4n) is 3.42. The van der Waals surface area contributed by atoms with Gasteiger partial charge >= 0.3 is 0 Å². The van der Waals surface area contributed by atoms with Crippen molar-refractivity contribution in [2.75, 3.05) is 31.9 Å². The van der Waals surface area contributed by atoms with Crippen molar-refractivity contribution in [3.63, 3.8) is 0 Å². The lowest BCUT2D eigenvalue weighted by Gasteiger charge is -2.34. The van der Waals surface area contributed by atoms with E-state index in [1.807, 2.05) is 0 Å². The predicted octanol–water partition coefficient (Wildman–Crippen LogP) is 1.17. The molecule has 142 valence electrons. The first kappa shape index (κ1) is 17.8. The maximum Gasteiger partial charge on any atom is 0.289 e. The van der Waals surface area contributed by atoms with E-state index in [4.69, 9.17) is 4.42 Å². The Morgan fingerprint density at radius 1 is 1.26 bits per heavy atom. The highest BCUT2D eigenvalue weighted by Gasteiger charge is 2.31. The second kappa shape index (κ2) is 7.22. The van der Waals surface area contributed by atoms with Crippen molar-refractivity contribution < 1.29 is 14.0 Å². The number of aryl methyl sites for hydroxylation is 1. The lowest BCUT2D eigenvalue weighted by molar-refractivity contribution is -0.133. The monoisotopic (exact) mass is 388 g/mol. The molecule has 4 heterocycles. The number of rotatable bonds is 3. The lowest BCUT2D eigenvalue weighted by Crippen LogP contribution is -2.51. The third kappa shape index (κ3) is 3.39. The van der Waals surface area contributed by atoms with Crippen LogP contribution in [-0.2, 0) is 4.79 Å². The number of furan rings is 1. The molecule has 0 N–H and O–H groups in total. The molecule has 0 bridgehead atoms. The molecule has 1 fully saturated rings. The van der Waals surface area contributed by atoms with Gasteiger partial charge in [-0.3, -0.25) is 19.0 Å². The molecule has 1 atom stereocenters. The number of amides is 2. The van der Waals surface area contributed by atoms with Crippen molar-refractivity contribution in [3.05, 3.63) is 46.3 Å². The average molecular weight is 388 g/mol. The van der Waals surface area contributed by atoms with Gasteiger partial charge in [-0.05, 0) is 19.1 Å². The number of hydrogen-bond acceptors (Lipinski definition) is 6. The summed E-state index contributed by atoms with van der Waals surface area (Å²) in [7, 11) is 0. The fourth-order valence-corrected chi connectivity index (χ4v) is 4.52. The second-order valence-electron chi connectivity index (χ2n) is 6.72. The highest BCUT2D eigenvalue weighted by molar-refractivity contribution is 7.99. The van der Waals surface area contributed by atoms with Crippen LogP contribution in [0.15, 0.2) is 39.0 Å². The third-order valence-electron chi connectivity index (χ3n) is 4.96. The molecule has 1 unspecified atom stereocenters. The van der Waals surface area contributed by atoms with Gasteiger partial charge in [-0.15, -0.1) is 0 Å².